The highest BCUT2D eigenvalue weighted by Gasteiger charge is 2.49. The minimum absolute atomic E-state index is 0.0898. The van der Waals surface area contributed by atoms with Gasteiger partial charge >= 0.3 is 5.97 Å². The molecule has 0 N–H and O–H groups in total. The van der Waals surface area contributed by atoms with E-state index in [2.05, 4.69) is 0 Å². The number of halogens is 2. The Labute approximate surface area is 272 Å². The third kappa shape index (κ3) is 4.13. The Kier molecular flexibility index (Phi) is 6.56. The molecule has 2 saturated heterocycles. The molecule has 11 nitrogen and oxygen atoms in total. The summed E-state index contributed by atoms with van der Waals surface area (Å²) in [5.74, 6) is -3.34. The number of anilines is 1. The van der Waals surface area contributed by atoms with Crippen LogP contribution in [0, 0.1) is 11.6 Å². The number of aromatic nitrogens is 1. The number of carbonyl (C=O) groups excluding carboxylic acids is 2. The van der Waals surface area contributed by atoms with Crippen LogP contribution in [0.15, 0.2) is 77.7 Å². The summed E-state index contributed by atoms with van der Waals surface area (Å²) in [6.07, 6.45) is -0.485. The Hall–Kier alpha value is -5.27. The van der Waals surface area contributed by atoms with Crippen molar-refractivity contribution in [1.82, 2.24) is 9.58 Å². The van der Waals surface area contributed by atoms with E-state index in [4.69, 9.17) is 18.9 Å². The molecule has 2 fully saturated rings. The molecule has 48 heavy (non-hydrogen) atoms. The van der Waals surface area contributed by atoms with Crippen LogP contribution in [-0.4, -0.2) is 67.1 Å². The van der Waals surface area contributed by atoms with Crippen molar-refractivity contribution in [2.75, 3.05) is 49.4 Å². The van der Waals surface area contributed by atoms with Gasteiger partial charge in [0.05, 0.1) is 38.0 Å². The summed E-state index contributed by atoms with van der Waals surface area (Å²) in [6.45, 7) is 1.56. The number of ether oxygens (including phenoxy) is 4. The first-order valence-corrected chi connectivity index (χ1v) is 15.7. The fourth-order valence-corrected chi connectivity index (χ4v) is 7.66. The molecule has 0 bridgehead atoms. The zero-order valence-electron chi connectivity index (χ0n) is 25.4. The zero-order chi connectivity index (χ0) is 32.7. The van der Waals surface area contributed by atoms with Gasteiger partial charge < -0.3 is 28.7 Å². The van der Waals surface area contributed by atoms with Gasteiger partial charge in [-0.25, -0.2) is 13.6 Å². The summed E-state index contributed by atoms with van der Waals surface area (Å²) < 4.78 is 56.1. The van der Waals surface area contributed by atoms with Gasteiger partial charge in [0.2, 0.25) is 11.2 Å². The number of nitrogens with zero attached hydrogens (tertiary/aromatic N) is 4. The number of benzene rings is 3. The maximum Gasteiger partial charge on any atom is 0.342 e. The first-order valence-electron chi connectivity index (χ1n) is 15.7. The van der Waals surface area contributed by atoms with Crippen LogP contribution in [0.1, 0.15) is 61.5 Å². The number of fused-ring (bicyclic) bond motifs is 8. The molecular formula is C35H28F2N4O7. The highest BCUT2D eigenvalue weighted by Crippen LogP contribution is 2.48. The second-order valence-electron chi connectivity index (χ2n) is 12.2. The van der Waals surface area contributed by atoms with Crippen molar-refractivity contribution in [3.63, 3.8) is 0 Å². The van der Waals surface area contributed by atoms with Crippen LogP contribution in [0.2, 0.25) is 0 Å². The van der Waals surface area contributed by atoms with E-state index >= 15 is 8.78 Å². The lowest BCUT2D eigenvalue weighted by Crippen LogP contribution is -2.66. The number of hydrogen-bond acceptors (Lipinski definition) is 9. The lowest BCUT2D eigenvalue weighted by Gasteiger charge is -2.51. The zero-order valence-corrected chi connectivity index (χ0v) is 25.4. The van der Waals surface area contributed by atoms with Crippen molar-refractivity contribution in [2.24, 2.45) is 0 Å². The van der Waals surface area contributed by atoms with E-state index in [0.29, 0.717) is 29.8 Å². The van der Waals surface area contributed by atoms with Crippen molar-refractivity contribution >= 4 is 17.6 Å². The van der Waals surface area contributed by atoms with Crippen LogP contribution in [0.5, 0.6) is 5.75 Å². The first kappa shape index (κ1) is 28.9. The normalized spacial score (nSPS) is 24.0. The summed E-state index contributed by atoms with van der Waals surface area (Å²) in [4.78, 5) is 44.2. The van der Waals surface area contributed by atoms with E-state index in [9.17, 15) is 14.4 Å². The fraction of sp³-hybridized carbons (Fsp3) is 0.286. The standard InChI is InChI=1S/C35H28F2N4O7/c36-23-10-9-22-28(29(23)37)25-17-45-15-13-38(25)24-8-4-3-7-21(24)30(22)41-27-18-46-16-14-39(27)33(43)31-32(26(42)11-12-40(31)41)47-35-20-6-2-1-5-19(20)34(44)48-35/h1-12,25,27,30,35H,13-18H2/t25?,27-,30-,35?/m1/s1. The minimum atomic E-state index is -1.26. The van der Waals surface area contributed by atoms with Gasteiger partial charge in [0.1, 0.15) is 12.2 Å². The number of amides is 1. The van der Waals surface area contributed by atoms with E-state index in [1.165, 1.54) is 12.3 Å². The predicted octanol–water partition coefficient (Wildman–Crippen LogP) is 3.81. The first-order chi connectivity index (χ1) is 23.4. The number of para-hydroxylation sites is 1. The number of cyclic esters (lactones) is 1. The SMILES string of the molecule is O=C1OC(Oc2c3n(ccc2=O)N([C@@H]2c4ccccc4N4CCOCC4c4c2ccc(F)c4F)[C@@H]2COCCN2C3=O)c2ccccc21. The molecule has 0 saturated carbocycles. The molecule has 3 aromatic carbocycles. The second kappa shape index (κ2) is 10.9. The van der Waals surface area contributed by atoms with Crippen molar-refractivity contribution in [3.05, 3.63) is 128 Å². The third-order valence-corrected chi connectivity index (χ3v) is 9.76. The van der Waals surface area contributed by atoms with Crippen molar-refractivity contribution < 1.29 is 37.3 Å². The van der Waals surface area contributed by atoms with Crippen LogP contribution in [0.4, 0.5) is 14.5 Å². The van der Waals surface area contributed by atoms with Gasteiger partial charge in [0.25, 0.3) is 12.2 Å². The molecule has 4 aromatic rings. The molecule has 5 aliphatic heterocycles. The van der Waals surface area contributed by atoms with Crippen LogP contribution < -0.4 is 20.1 Å². The maximum atomic E-state index is 16.1. The number of carbonyl (C=O) groups is 2. The van der Waals surface area contributed by atoms with E-state index in [-0.39, 0.29) is 43.4 Å². The lowest BCUT2D eigenvalue weighted by atomic mass is 9.91. The summed E-state index contributed by atoms with van der Waals surface area (Å²) in [6, 6.07) is 16.9. The summed E-state index contributed by atoms with van der Waals surface area (Å²) in [5, 5.41) is 1.87. The fourth-order valence-electron chi connectivity index (χ4n) is 7.66. The van der Waals surface area contributed by atoms with Crippen LogP contribution in [-0.2, 0) is 14.2 Å². The molecule has 244 valence electrons. The molecule has 0 aliphatic carbocycles. The molecule has 1 aromatic heterocycles. The largest absolute Gasteiger partial charge is 0.444 e. The molecule has 1 amide bonds. The van der Waals surface area contributed by atoms with Gasteiger partial charge in [-0.15, -0.1) is 0 Å². The van der Waals surface area contributed by atoms with Gasteiger partial charge in [-0.05, 0) is 23.8 Å². The maximum absolute atomic E-state index is 16.1. The molecule has 0 radical (unpaired) electrons. The number of hydrogen-bond donors (Lipinski definition) is 0. The van der Waals surface area contributed by atoms with Crippen molar-refractivity contribution in [3.8, 4) is 5.75 Å². The molecule has 4 atom stereocenters. The quantitative estimate of drug-likeness (QED) is 0.306. The molecule has 0 spiro atoms. The Morgan fingerprint density at radius 2 is 1.54 bits per heavy atom. The average molecular weight is 655 g/mol. The lowest BCUT2D eigenvalue weighted by molar-refractivity contribution is -0.0417. The van der Waals surface area contributed by atoms with Gasteiger partial charge in [-0.1, -0.05) is 42.5 Å². The Morgan fingerprint density at radius 3 is 2.40 bits per heavy atom. The predicted molar refractivity (Wildman–Crippen MR) is 165 cm³/mol. The second-order valence-corrected chi connectivity index (χ2v) is 12.2. The summed E-state index contributed by atoms with van der Waals surface area (Å²) in [5.41, 5.74) is 2.26. The van der Waals surface area contributed by atoms with Gasteiger partial charge in [-0.3, -0.25) is 19.3 Å². The third-order valence-electron chi connectivity index (χ3n) is 9.76. The van der Waals surface area contributed by atoms with Crippen LogP contribution >= 0.6 is 0 Å². The molecule has 9 rings (SSSR count). The van der Waals surface area contributed by atoms with E-state index in [1.807, 2.05) is 34.2 Å². The highest BCUT2D eigenvalue weighted by atomic mass is 19.2. The monoisotopic (exact) mass is 654 g/mol. The number of esters is 1. The molecule has 6 heterocycles. The highest BCUT2D eigenvalue weighted by molar-refractivity contribution is 5.97. The Morgan fingerprint density at radius 1 is 0.792 bits per heavy atom. The molecular weight excluding hydrogens is 626 g/mol. The van der Waals surface area contributed by atoms with Gasteiger partial charge in [-0.2, -0.15) is 0 Å². The average Bonchev–Trinajstić information content (AvgIpc) is 3.37. The van der Waals surface area contributed by atoms with Crippen LogP contribution in [0.3, 0.4) is 0 Å². The molecule has 13 heteroatoms. The molecule has 2 unspecified atom stereocenters. The van der Waals surface area contributed by atoms with Crippen LogP contribution in [0.25, 0.3) is 0 Å². The Balaban J connectivity index is 1.28. The number of pyridine rings is 1. The number of morpholine rings is 2. The topological polar surface area (TPSA) is 103 Å². The van der Waals surface area contributed by atoms with Gasteiger partial charge in [0.15, 0.2) is 17.3 Å². The van der Waals surface area contributed by atoms with E-state index < -0.39 is 53.5 Å². The smallest absolute Gasteiger partial charge is 0.342 e. The minimum Gasteiger partial charge on any atom is -0.444 e. The van der Waals surface area contributed by atoms with E-state index in [1.54, 1.807) is 39.9 Å². The van der Waals surface area contributed by atoms with Crippen molar-refractivity contribution in [2.45, 2.75) is 24.5 Å². The summed E-state index contributed by atoms with van der Waals surface area (Å²) in [7, 11) is 0. The Bertz CT molecular complexity index is 2070. The number of rotatable bonds is 3. The van der Waals surface area contributed by atoms with Crippen molar-refractivity contribution in [1.29, 1.82) is 0 Å². The van der Waals surface area contributed by atoms with Gasteiger partial charge in [0, 0.05) is 47.7 Å². The van der Waals surface area contributed by atoms with E-state index in [0.717, 1.165) is 17.3 Å². The summed E-state index contributed by atoms with van der Waals surface area (Å²) >= 11 is 0. The molecule has 5 aliphatic rings.